The molecule has 0 bridgehead atoms. The van der Waals surface area contributed by atoms with Gasteiger partial charge in [-0.1, -0.05) is 43.6 Å². The van der Waals surface area contributed by atoms with E-state index in [1.807, 2.05) is 0 Å². The van der Waals surface area contributed by atoms with Crippen molar-refractivity contribution in [2.45, 2.75) is 53.4 Å². The number of amides is 1. The summed E-state index contributed by atoms with van der Waals surface area (Å²) in [5, 5.41) is 4.06. The normalized spacial score (nSPS) is 11.9. The third-order valence-electron chi connectivity index (χ3n) is 3.78. The molecule has 1 N–H and O–H groups in total. The van der Waals surface area contributed by atoms with Gasteiger partial charge in [-0.25, -0.2) is 0 Å². The zero-order valence-electron chi connectivity index (χ0n) is 11.1. The number of nitrogens with one attached hydrogen (secondary N) is 1. The second-order valence-corrected chi connectivity index (χ2v) is 5.13. The van der Waals surface area contributed by atoms with E-state index in [2.05, 4.69) is 48.9 Å². The Bertz CT molecular complexity index is 190. The second kappa shape index (κ2) is 8.10. The van der Waals surface area contributed by atoms with Crippen LogP contribution in [0, 0.1) is 11.3 Å². The fourth-order valence-electron chi connectivity index (χ4n) is 1.81. The maximum absolute atomic E-state index is 11.9. The van der Waals surface area contributed by atoms with Crippen LogP contribution in [-0.2, 0) is 4.79 Å². The lowest BCUT2D eigenvalue weighted by molar-refractivity contribution is -0.125. The van der Waals surface area contributed by atoms with Gasteiger partial charge < -0.3 is 5.32 Å². The summed E-state index contributed by atoms with van der Waals surface area (Å²) in [4.78, 5) is 11.9. The van der Waals surface area contributed by atoms with Crippen LogP contribution < -0.4 is 5.32 Å². The zero-order chi connectivity index (χ0) is 12.6. The van der Waals surface area contributed by atoms with E-state index in [1.54, 1.807) is 0 Å². The largest absolute Gasteiger partial charge is 0.355 e. The van der Waals surface area contributed by atoms with Gasteiger partial charge >= 0.3 is 0 Å². The van der Waals surface area contributed by atoms with Crippen molar-refractivity contribution in [3.05, 3.63) is 0 Å². The molecule has 0 spiro atoms. The number of carbonyl (C=O) groups is 1. The van der Waals surface area contributed by atoms with Gasteiger partial charge in [0, 0.05) is 17.8 Å². The van der Waals surface area contributed by atoms with Crippen LogP contribution in [0.4, 0.5) is 0 Å². The molecular weight excluding hydrogens is 266 g/mol. The molecule has 3 heteroatoms. The highest BCUT2D eigenvalue weighted by Crippen LogP contribution is 2.27. The Kier molecular flexibility index (Phi) is 8.08. The van der Waals surface area contributed by atoms with Crippen molar-refractivity contribution in [3.8, 4) is 0 Å². The molecule has 0 heterocycles. The Balaban J connectivity index is 4.25. The molecule has 0 fully saturated rings. The molecule has 0 unspecified atom stereocenters. The molecule has 0 aromatic heterocycles. The van der Waals surface area contributed by atoms with Gasteiger partial charge in [0.15, 0.2) is 0 Å². The topological polar surface area (TPSA) is 29.1 Å². The molecule has 0 saturated carbocycles. The molecule has 0 radical (unpaired) electrons. The van der Waals surface area contributed by atoms with Gasteiger partial charge in [0.1, 0.15) is 0 Å². The summed E-state index contributed by atoms with van der Waals surface area (Å²) in [5.74, 6) is 0.402. The van der Waals surface area contributed by atoms with Crippen LogP contribution in [-0.4, -0.2) is 17.8 Å². The van der Waals surface area contributed by atoms with Crippen molar-refractivity contribution >= 4 is 21.8 Å². The van der Waals surface area contributed by atoms with E-state index < -0.39 is 0 Å². The van der Waals surface area contributed by atoms with Crippen molar-refractivity contribution in [2.24, 2.45) is 11.3 Å². The van der Waals surface area contributed by atoms with Gasteiger partial charge in [-0.05, 0) is 31.1 Å². The molecule has 0 aliphatic heterocycles. The Labute approximate surface area is 109 Å². The highest BCUT2D eigenvalue weighted by Gasteiger charge is 2.26. The minimum atomic E-state index is 0.182. The molecule has 2 nitrogen and oxygen atoms in total. The van der Waals surface area contributed by atoms with Crippen molar-refractivity contribution in [1.29, 1.82) is 0 Å². The predicted octanol–water partition coefficient (Wildman–Crippen LogP) is 3.74. The monoisotopic (exact) mass is 291 g/mol. The second-order valence-electron chi connectivity index (χ2n) is 4.57. The van der Waals surface area contributed by atoms with Gasteiger partial charge in [-0.2, -0.15) is 0 Å². The minimum Gasteiger partial charge on any atom is -0.355 e. The highest BCUT2D eigenvalue weighted by molar-refractivity contribution is 9.09. The third kappa shape index (κ3) is 4.44. The van der Waals surface area contributed by atoms with Crippen LogP contribution >= 0.6 is 15.9 Å². The molecule has 0 aromatic carbocycles. The summed E-state index contributed by atoms with van der Waals surface area (Å²) in [5.41, 5.74) is 0.224. The van der Waals surface area contributed by atoms with Crippen molar-refractivity contribution in [1.82, 2.24) is 5.32 Å². The lowest BCUT2D eigenvalue weighted by atomic mass is 9.84. The Hall–Kier alpha value is -0.0500. The lowest BCUT2D eigenvalue weighted by Crippen LogP contribution is -2.40. The summed E-state index contributed by atoms with van der Waals surface area (Å²) < 4.78 is 0. The van der Waals surface area contributed by atoms with Crippen LogP contribution in [0.25, 0.3) is 0 Å². The predicted molar refractivity (Wildman–Crippen MR) is 73.9 cm³/mol. The summed E-state index contributed by atoms with van der Waals surface area (Å²) in [6.45, 7) is 9.32. The first-order valence-corrected chi connectivity index (χ1v) is 7.54. The van der Waals surface area contributed by atoms with Crippen molar-refractivity contribution < 1.29 is 4.79 Å². The fraction of sp³-hybridized carbons (Fsp3) is 0.923. The maximum atomic E-state index is 11.9. The van der Waals surface area contributed by atoms with E-state index in [0.29, 0.717) is 0 Å². The number of halogens is 1. The van der Waals surface area contributed by atoms with Crippen LogP contribution in [0.2, 0.25) is 0 Å². The maximum Gasteiger partial charge on any atom is 0.223 e. The highest BCUT2D eigenvalue weighted by atomic mass is 79.9. The number of carbonyl (C=O) groups excluding carboxylic acids is 1. The van der Waals surface area contributed by atoms with Gasteiger partial charge in [0.05, 0.1) is 0 Å². The van der Waals surface area contributed by atoms with E-state index in [-0.39, 0.29) is 17.2 Å². The van der Waals surface area contributed by atoms with Gasteiger partial charge in [0.2, 0.25) is 5.91 Å². The quantitative estimate of drug-likeness (QED) is 0.678. The Morgan fingerprint density at radius 2 is 1.69 bits per heavy atom. The molecular formula is C13H26BrNO. The molecule has 16 heavy (non-hydrogen) atoms. The smallest absolute Gasteiger partial charge is 0.223 e. The first-order valence-electron chi connectivity index (χ1n) is 6.42. The van der Waals surface area contributed by atoms with Crippen molar-refractivity contribution in [3.63, 3.8) is 0 Å². The van der Waals surface area contributed by atoms with Crippen LogP contribution in [0.15, 0.2) is 0 Å². The van der Waals surface area contributed by atoms with Crippen molar-refractivity contribution in [2.75, 3.05) is 11.9 Å². The first kappa shape index (κ1) is 16.0. The first-order chi connectivity index (χ1) is 7.59. The van der Waals surface area contributed by atoms with Crippen LogP contribution in [0.3, 0.4) is 0 Å². The molecule has 0 atom stereocenters. The third-order valence-corrected chi connectivity index (χ3v) is 4.97. The van der Waals surface area contributed by atoms with E-state index in [4.69, 9.17) is 0 Å². The molecule has 0 aliphatic carbocycles. The zero-order valence-corrected chi connectivity index (χ0v) is 12.7. The minimum absolute atomic E-state index is 0.182. The molecule has 1 amide bonds. The standard InChI is InChI=1S/C13H26BrNO/c1-5-11(6-2)12(16)15-10-13(7-3,8-4)9-14/h11H,5-10H2,1-4H3,(H,15,16). The Morgan fingerprint density at radius 3 is 2.00 bits per heavy atom. The number of rotatable bonds is 8. The molecule has 0 aromatic rings. The summed E-state index contributed by atoms with van der Waals surface area (Å²) in [7, 11) is 0. The summed E-state index contributed by atoms with van der Waals surface area (Å²) in [6, 6.07) is 0. The number of hydrogen-bond donors (Lipinski definition) is 1. The molecule has 96 valence electrons. The van der Waals surface area contributed by atoms with Gasteiger partial charge in [-0.3, -0.25) is 4.79 Å². The van der Waals surface area contributed by atoms with E-state index in [0.717, 1.165) is 37.6 Å². The van der Waals surface area contributed by atoms with Gasteiger partial charge in [0.25, 0.3) is 0 Å². The molecule has 0 rings (SSSR count). The van der Waals surface area contributed by atoms with Gasteiger partial charge in [-0.15, -0.1) is 0 Å². The van der Waals surface area contributed by atoms with Crippen LogP contribution in [0.1, 0.15) is 53.4 Å². The number of hydrogen-bond acceptors (Lipinski definition) is 1. The molecule has 0 aliphatic rings. The average molecular weight is 292 g/mol. The van der Waals surface area contributed by atoms with E-state index in [9.17, 15) is 4.79 Å². The number of alkyl halides is 1. The molecule has 0 saturated heterocycles. The lowest BCUT2D eigenvalue weighted by Gasteiger charge is -2.30. The van der Waals surface area contributed by atoms with Crippen LogP contribution in [0.5, 0.6) is 0 Å². The average Bonchev–Trinajstić information content (AvgIpc) is 2.33. The summed E-state index contributed by atoms with van der Waals surface area (Å²) >= 11 is 3.56. The fourth-order valence-corrected chi connectivity index (χ4v) is 2.81. The summed E-state index contributed by atoms with van der Waals surface area (Å²) in [6.07, 6.45) is 4.06. The Morgan fingerprint density at radius 1 is 1.19 bits per heavy atom. The SMILES string of the molecule is CCC(CC)C(=O)NCC(CC)(CC)CBr. The van der Waals surface area contributed by atoms with E-state index >= 15 is 0 Å². The van der Waals surface area contributed by atoms with E-state index in [1.165, 1.54) is 0 Å².